The summed E-state index contributed by atoms with van der Waals surface area (Å²) in [5.41, 5.74) is 2.46. The summed E-state index contributed by atoms with van der Waals surface area (Å²) in [7, 11) is 4.76. The summed E-state index contributed by atoms with van der Waals surface area (Å²) in [4.78, 5) is 12.2. The Balaban J connectivity index is 2.10. The van der Waals surface area contributed by atoms with Crippen molar-refractivity contribution in [1.82, 2.24) is 5.32 Å². The van der Waals surface area contributed by atoms with Crippen molar-refractivity contribution >= 4 is 11.6 Å². The summed E-state index contributed by atoms with van der Waals surface area (Å²) in [6.45, 7) is 5.33. The SMILES string of the molecule is COc1cc(CNc2cccc(C(=O)NCC(C)C)c2)cc(OC)c1OC. The molecular formula is C21H28N2O4. The first-order valence-corrected chi connectivity index (χ1v) is 8.89. The fourth-order valence-electron chi connectivity index (χ4n) is 2.61. The van der Waals surface area contributed by atoms with E-state index in [-0.39, 0.29) is 5.91 Å². The molecule has 27 heavy (non-hydrogen) atoms. The van der Waals surface area contributed by atoms with Gasteiger partial charge in [0.15, 0.2) is 11.5 Å². The van der Waals surface area contributed by atoms with Crippen LogP contribution in [-0.2, 0) is 6.54 Å². The molecule has 0 aliphatic rings. The summed E-state index contributed by atoms with van der Waals surface area (Å²) in [5, 5.41) is 6.26. The van der Waals surface area contributed by atoms with Crippen molar-refractivity contribution in [3.05, 3.63) is 47.5 Å². The van der Waals surface area contributed by atoms with Crippen LogP contribution in [0.25, 0.3) is 0 Å². The Bertz CT molecular complexity index is 750. The number of amides is 1. The van der Waals surface area contributed by atoms with Crippen LogP contribution < -0.4 is 24.8 Å². The van der Waals surface area contributed by atoms with Gasteiger partial charge in [0.2, 0.25) is 5.75 Å². The zero-order chi connectivity index (χ0) is 19.8. The van der Waals surface area contributed by atoms with Gasteiger partial charge in [0.25, 0.3) is 5.91 Å². The van der Waals surface area contributed by atoms with Gasteiger partial charge < -0.3 is 24.8 Å². The van der Waals surface area contributed by atoms with Crippen molar-refractivity contribution in [2.45, 2.75) is 20.4 Å². The number of methoxy groups -OCH3 is 3. The minimum absolute atomic E-state index is 0.0693. The minimum atomic E-state index is -0.0693. The van der Waals surface area contributed by atoms with Gasteiger partial charge in [-0.3, -0.25) is 4.79 Å². The number of carbonyl (C=O) groups is 1. The first kappa shape index (κ1) is 20.4. The van der Waals surface area contributed by atoms with Crippen LogP contribution in [0.2, 0.25) is 0 Å². The van der Waals surface area contributed by atoms with Crippen LogP contribution in [0.5, 0.6) is 17.2 Å². The molecular weight excluding hydrogens is 344 g/mol. The van der Waals surface area contributed by atoms with Crippen molar-refractivity contribution < 1.29 is 19.0 Å². The lowest BCUT2D eigenvalue weighted by Crippen LogP contribution is -2.27. The molecule has 0 aromatic heterocycles. The van der Waals surface area contributed by atoms with E-state index in [2.05, 4.69) is 24.5 Å². The molecule has 2 N–H and O–H groups in total. The molecule has 0 aliphatic carbocycles. The Hall–Kier alpha value is -2.89. The fourth-order valence-corrected chi connectivity index (χ4v) is 2.61. The van der Waals surface area contributed by atoms with Gasteiger partial charge in [0.05, 0.1) is 21.3 Å². The maximum absolute atomic E-state index is 12.2. The second kappa shape index (κ2) is 9.71. The Morgan fingerprint density at radius 1 is 1.00 bits per heavy atom. The molecule has 0 radical (unpaired) electrons. The van der Waals surface area contributed by atoms with E-state index in [1.807, 2.05) is 30.3 Å². The van der Waals surface area contributed by atoms with E-state index >= 15 is 0 Å². The maximum Gasteiger partial charge on any atom is 0.251 e. The van der Waals surface area contributed by atoms with Gasteiger partial charge in [-0.1, -0.05) is 19.9 Å². The molecule has 0 heterocycles. The number of carbonyl (C=O) groups excluding carboxylic acids is 1. The third kappa shape index (κ3) is 5.54. The number of nitrogens with one attached hydrogen (secondary N) is 2. The van der Waals surface area contributed by atoms with Crippen LogP contribution in [0.3, 0.4) is 0 Å². The normalized spacial score (nSPS) is 10.4. The zero-order valence-corrected chi connectivity index (χ0v) is 16.6. The zero-order valence-electron chi connectivity index (χ0n) is 16.6. The van der Waals surface area contributed by atoms with Gasteiger partial charge >= 0.3 is 0 Å². The quantitative estimate of drug-likeness (QED) is 0.702. The monoisotopic (exact) mass is 372 g/mol. The molecule has 2 aromatic carbocycles. The third-order valence-corrected chi connectivity index (χ3v) is 4.02. The highest BCUT2D eigenvalue weighted by molar-refractivity contribution is 5.95. The van der Waals surface area contributed by atoms with E-state index in [1.165, 1.54) is 0 Å². The van der Waals surface area contributed by atoms with Crippen LogP contribution in [0.1, 0.15) is 29.8 Å². The average Bonchev–Trinajstić information content (AvgIpc) is 2.69. The topological polar surface area (TPSA) is 68.8 Å². The van der Waals surface area contributed by atoms with Crippen molar-refractivity contribution in [3.63, 3.8) is 0 Å². The molecule has 0 bridgehead atoms. The summed E-state index contributed by atoms with van der Waals surface area (Å²) in [6, 6.07) is 11.2. The highest BCUT2D eigenvalue weighted by Crippen LogP contribution is 2.38. The molecule has 0 atom stereocenters. The second-order valence-electron chi connectivity index (χ2n) is 6.57. The van der Waals surface area contributed by atoms with Gasteiger partial charge in [-0.05, 0) is 41.8 Å². The molecule has 0 unspecified atom stereocenters. The van der Waals surface area contributed by atoms with Gasteiger partial charge in [-0.2, -0.15) is 0 Å². The first-order valence-electron chi connectivity index (χ1n) is 8.89. The Morgan fingerprint density at radius 2 is 1.67 bits per heavy atom. The number of anilines is 1. The largest absolute Gasteiger partial charge is 0.493 e. The predicted octanol–water partition coefficient (Wildman–Crippen LogP) is 3.71. The van der Waals surface area contributed by atoms with E-state index in [4.69, 9.17) is 14.2 Å². The summed E-state index contributed by atoms with van der Waals surface area (Å²) in [6.07, 6.45) is 0. The Kier molecular flexibility index (Phi) is 7.34. The number of rotatable bonds is 9. The standard InChI is InChI=1S/C21H28N2O4/c1-14(2)12-23-21(24)16-7-6-8-17(11-16)22-13-15-9-18(25-3)20(27-5)19(10-15)26-4/h6-11,14,22H,12-13H2,1-5H3,(H,23,24). The molecule has 6 heteroatoms. The smallest absolute Gasteiger partial charge is 0.251 e. The molecule has 0 fully saturated rings. The van der Waals surface area contributed by atoms with Gasteiger partial charge in [0.1, 0.15) is 0 Å². The third-order valence-electron chi connectivity index (χ3n) is 4.02. The van der Waals surface area contributed by atoms with E-state index in [0.717, 1.165) is 11.3 Å². The number of hydrogen-bond acceptors (Lipinski definition) is 5. The molecule has 2 aromatic rings. The number of hydrogen-bond donors (Lipinski definition) is 2. The lowest BCUT2D eigenvalue weighted by molar-refractivity contribution is 0.0949. The van der Waals surface area contributed by atoms with E-state index < -0.39 is 0 Å². The Morgan fingerprint density at radius 3 is 2.22 bits per heavy atom. The predicted molar refractivity (Wildman–Crippen MR) is 107 cm³/mol. The van der Waals surface area contributed by atoms with Gasteiger partial charge in [0, 0.05) is 24.3 Å². The highest BCUT2D eigenvalue weighted by Gasteiger charge is 2.13. The lowest BCUT2D eigenvalue weighted by Gasteiger charge is -2.15. The van der Waals surface area contributed by atoms with Crippen LogP contribution in [0, 0.1) is 5.92 Å². The summed E-state index contributed by atoms with van der Waals surface area (Å²) < 4.78 is 16.1. The van der Waals surface area contributed by atoms with Gasteiger partial charge in [-0.15, -0.1) is 0 Å². The Labute approximate surface area is 160 Å². The van der Waals surface area contributed by atoms with Crippen LogP contribution >= 0.6 is 0 Å². The summed E-state index contributed by atoms with van der Waals surface area (Å²) in [5.74, 6) is 2.12. The second-order valence-corrected chi connectivity index (χ2v) is 6.57. The van der Waals surface area contributed by atoms with Crippen molar-refractivity contribution in [3.8, 4) is 17.2 Å². The average molecular weight is 372 g/mol. The van der Waals surface area contributed by atoms with Crippen molar-refractivity contribution in [1.29, 1.82) is 0 Å². The molecule has 1 amide bonds. The van der Waals surface area contributed by atoms with Crippen molar-refractivity contribution in [2.75, 3.05) is 33.2 Å². The molecule has 0 aliphatic heterocycles. The van der Waals surface area contributed by atoms with E-state index in [9.17, 15) is 4.79 Å². The molecule has 2 rings (SSSR count). The van der Waals surface area contributed by atoms with Crippen molar-refractivity contribution in [2.24, 2.45) is 5.92 Å². The van der Waals surface area contributed by atoms with Crippen LogP contribution in [0.15, 0.2) is 36.4 Å². The molecule has 0 spiro atoms. The number of ether oxygens (including phenoxy) is 3. The molecule has 0 saturated carbocycles. The number of benzene rings is 2. The van der Waals surface area contributed by atoms with Gasteiger partial charge in [-0.25, -0.2) is 0 Å². The summed E-state index contributed by atoms with van der Waals surface area (Å²) >= 11 is 0. The van der Waals surface area contributed by atoms with Crippen LogP contribution in [-0.4, -0.2) is 33.8 Å². The van der Waals surface area contributed by atoms with E-state index in [1.54, 1.807) is 27.4 Å². The molecule has 146 valence electrons. The lowest BCUT2D eigenvalue weighted by atomic mass is 10.1. The van der Waals surface area contributed by atoms with Crippen LogP contribution in [0.4, 0.5) is 5.69 Å². The minimum Gasteiger partial charge on any atom is -0.493 e. The highest BCUT2D eigenvalue weighted by atomic mass is 16.5. The van der Waals surface area contributed by atoms with E-state index in [0.29, 0.717) is 41.8 Å². The fraction of sp³-hybridized carbons (Fsp3) is 0.381. The maximum atomic E-state index is 12.2. The molecule has 6 nitrogen and oxygen atoms in total. The first-order chi connectivity index (χ1) is 13.0. The molecule has 0 saturated heterocycles.